The quantitative estimate of drug-likeness (QED) is 0.634. The Morgan fingerprint density at radius 1 is 1.56 bits per heavy atom. The van der Waals surface area contributed by atoms with Crippen molar-refractivity contribution in [3.05, 3.63) is 17.0 Å². The van der Waals surface area contributed by atoms with Crippen LogP contribution >= 0.6 is 30.7 Å². The molecule has 1 aliphatic rings. The van der Waals surface area contributed by atoms with Crippen LogP contribution in [-0.4, -0.2) is 29.3 Å². The van der Waals surface area contributed by atoms with Crippen molar-refractivity contribution in [3.63, 3.8) is 0 Å². The fourth-order valence-electron chi connectivity index (χ4n) is 1.58. The molecule has 1 aromatic rings. The molecule has 0 aromatic carbocycles. The van der Waals surface area contributed by atoms with E-state index in [0.717, 1.165) is 5.82 Å². The number of nitrogens with zero attached hydrogens (tertiary/aromatic N) is 3. The number of anilines is 1. The smallest absolute Gasteiger partial charge is 0.355 e. The second kappa shape index (κ2) is 7.62. The third-order valence-electron chi connectivity index (χ3n) is 2.84. The van der Waals surface area contributed by atoms with E-state index in [1.807, 2.05) is 7.05 Å². The lowest BCUT2D eigenvalue weighted by atomic mass is 9.92. The second-order valence-electron chi connectivity index (χ2n) is 3.79. The van der Waals surface area contributed by atoms with Gasteiger partial charge in [0.1, 0.15) is 11.5 Å². The zero-order valence-electron chi connectivity index (χ0n) is 9.77. The van der Waals surface area contributed by atoms with E-state index in [4.69, 9.17) is 16.2 Å². The molecule has 8 heteroatoms. The Hall–Kier alpha value is -0.770. The van der Waals surface area contributed by atoms with Crippen molar-refractivity contribution in [2.45, 2.75) is 25.3 Å². The van der Waals surface area contributed by atoms with Crippen molar-refractivity contribution in [1.29, 1.82) is 0 Å². The maximum Gasteiger partial charge on any atom is 0.441 e. The van der Waals surface area contributed by atoms with Gasteiger partial charge in [-0.05, 0) is 19.3 Å². The molecular weight excluding hydrogens is 296 g/mol. The number of aldehydes is 1. The summed E-state index contributed by atoms with van der Waals surface area (Å²) in [7, 11) is 1.28. The molecule has 1 atom stereocenters. The van der Waals surface area contributed by atoms with E-state index in [-0.39, 0.29) is 10.8 Å². The predicted molar refractivity (Wildman–Crippen MR) is 73.3 cm³/mol. The van der Waals surface area contributed by atoms with E-state index in [1.165, 1.54) is 19.3 Å². The number of halogens is 2. The van der Waals surface area contributed by atoms with Gasteiger partial charge < -0.3 is 4.90 Å². The normalized spacial score (nSPS) is 14.4. The van der Waals surface area contributed by atoms with E-state index in [0.29, 0.717) is 12.3 Å². The molecule has 0 N–H and O–H groups in total. The minimum Gasteiger partial charge on any atom is -0.355 e. The number of hydrogen-bond donors (Lipinski definition) is 0. The summed E-state index contributed by atoms with van der Waals surface area (Å²) in [4.78, 5) is 20.7. The molecule has 0 radical (unpaired) electrons. The van der Waals surface area contributed by atoms with Crippen molar-refractivity contribution < 1.29 is 9.36 Å². The average molecular weight is 309 g/mol. The third kappa shape index (κ3) is 3.87. The monoisotopic (exact) mass is 308 g/mol. The Balaban J connectivity index is 0.000000492. The van der Waals surface area contributed by atoms with Crippen LogP contribution < -0.4 is 4.90 Å². The zero-order valence-corrected chi connectivity index (χ0v) is 12.3. The van der Waals surface area contributed by atoms with Gasteiger partial charge in [-0.15, -0.1) is 0 Å². The van der Waals surface area contributed by atoms with Gasteiger partial charge in [0.2, 0.25) is 11.2 Å². The van der Waals surface area contributed by atoms with Crippen LogP contribution in [0.1, 0.15) is 29.8 Å². The molecule has 18 heavy (non-hydrogen) atoms. The van der Waals surface area contributed by atoms with Gasteiger partial charge in [0.05, 0.1) is 6.20 Å². The zero-order chi connectivity index (χ0) is 13.5. The van der Waals surface area contributed by atoms with Gasteiger partial charge in [0.25, 0.3) is 0 Å². The first kappa shape index (κ1) is 15.3. The highest BCUT2D eigenvalue weighted by atomic mass is 35.7. The first-order chi connectivity index (χ1) is 8.63. The van der Waals surface area contributed by atoms with Crippen LogP contribution in [0.15, 0.2) is 6.20 Å². The molecule has 1 aliphatic carbocycles. The lowest BCUT2D eigenvalue weighted by Crippen LogP contribution is -2.37. The fraction of sp³-hybridized carbons (Fsp3) is 0.500. The molecule has 1 fully saturated rings. The van der Waals surface area contributed by atoms with Crippen LogP contribution in [0.3, 0.4) is 0 Å². The van der Waals surface area contributed by atoms with Crippen molar-refractivity contribution in [3.8, 4) is 0 Å². The minimum absolute atomic E-state index is 0.175. The first-order valence-electron chi connectivity index (χ1n) is 5.32. The number of carbonyl (C=O) groups is 1. The predicted octanol–water partition coefficient (Wildman–Crippen LogP) is 3.10. The van der Waals surface area contributed by atoms with Crippen LogP contribution in [0, 0.1) is 0 Å². The van der Waals surface area contributed by atoms with E-state index in [2.05, 4.69) is 26.1 Å². The third-order valence-corrected chi connectivity index (χ3v) is 3.12. The molecule has 0 saturated heterocycles. The number of hydrogen-bond acceptors (Lipinski definition) is 5. The van der Waals surface area contributed by atoms with Crippen LogP contribution in [0.2, 0.25) is 5.15 Å². The van der Waals surface area contributed by atoms with Gasteiger partial charge in [-0.25, -0.2) is 9.97 Å². The molecule has 98 valence electrons. The van der Waals surface area contributed by atoms with E-state index < -0.39 is 7.81 Å². The second-order valence-corrected chi connectivity index (χ2v) is 4.77. The average Bonchev–Trinajstić information content (AvgIpc) is 2.27. The summed E-state index contributed by atoms with van der Waals surface area (Å²) in [5, 5.41) is 0.175. The van der Waals surface area contributed by atoms with E-state index in [1.54, 1.807) is 6.20 Å². The summed E-state index contributed by atoms with van der Waals surface area (Å²) < 4.78 is 8.72. The fourth-order valence-corrected chi connectivity index (χ4v) is 1.76. The number of carbonyl (C=O) groups excluding carboxylic acids is 1. The highest BCUT2D eigenvalue weighted by Crippen LogP contribution is 2.27. The first-order valence-corrected chi connectivity index (χ1v) is 7.62. The summed E-state index contributed by atoms with van der Waals surface area (Å²) in [6.07, 6.45) is 5.84. The molecule has 1 saturated carbocycles. The molecule has 0 aliphatic heterocycles. The summed E-state index contributed by atoms with van der Waals surface area (Å²) in [6.45, 7) is 0. The van der Waals surface area contributed by atoms with E-state index >= 15 is 0 Å². The van der Waals surface area contributed by atoms with Gasteiger partial charge in [0, 0.05) is 13.1 Å². The van der Waals surface area contributed by atoms with Gasteiger partial charge in [-0.2, -0.15) is 0 Å². The lowest BCUT2D eigenvalue weighted by Gasteiger charge is -2.35. The Morgan fingerprint density at radius 2 is 2.17 bits per heavy atom. The summed E-state index contributed by atoms with van der Waals surface area (Å²) >= 11 is 10.3. The van der Waals surface area contributed by atoms with Gasteiger partial charge in [-0.1, -0.05) is 16.2 Å². The Kier molecular flexibility index (Phi) is 6.47. The van der Waals surface area contributed by atoms with Crippen LogP contribution in [-0.2, 0) is 4.57 Å². The summed E-state index contributed by atoms with van der Waals surface area (Å²) in [6, 6.07) is 0.539. The Morgan fingerprint density at radius 3 is 2.56 bits per heavy atom. The number of rotatable bonds is 3. The maximum atomic E-state index is 10.5. The number of aromatic nitrogens is 2. The molecule has 2 rings (SSSR count). The molecular formula is C10H13Cl2N3O2P+. The van der Waals surface area contributed by atoms with Crippen molar-refractivity contribution >= 4 is 42.8 Å². The molecule has 0 bridgehead atoms. The SMILES string of the molecule is CN(c1cnc(C=O)c(Cl)n1)C1CCC1.O=[PH+]Cl. The van der Waals surface area contributed by atoms with Crippen molar-refractivity contribution in [2.75, 3.05) is 11.9 Å². The highest BCUT2D eigenvalue weighted by molar-refractivity contribution is 7.57. The van der Waals surface area contributed by atoms with Gasteiger partial charge in [0.15, 0.2) is 11.4 Å². The molecule has 1 unspecified atom stereocenters. The van der Waals surface area contributed by atoms with Gasteiger partial charge >= 0.3 is 7.81 Å². The minimum atomic E-state index is -0.694. The largest absolute Gasteiger partial charge is 0.441 e. The standard InChI is InChI=1S/C10H12ClN3O.ClOP/c1-14(7-3-2-4-7)9-5-12-8(6-15)10(11)13-9;1-3-2/h5-7H,2-4H2,1H3;/p+1. The van der Waals surface area contributed by atoms with E-state index in [9.17, 15) is 4.79 Å². The Bertz CT molecular complexity index is 430. The summed E-state index contributed by atoms with van der Waals surface area (Å²) in [5.74, 6) is 0.732. The molecule has 1 aromatic heterocycles. The summed E-state index contributed by atoms with van der Waals surface area (Å²) in [5.41, 5.74) is 0.197. The van der Waals surface area contributed by atoms with Crippen molar-refractivity contribution in [2.24, 2.45) is 0 Å². The van der Waals surface area contributed by atoms with Crippen LogP contribution in [0.25, 0.3) is 0 Å². The van der Waals surface area contributed by atoms with Crippen LogP contribution in [0.5, 0.6) is 0 Å². The molecule has 0 spiro atoms. The lowest BCUT2D eigenvalue weighted by molar-refractivity contribution is 0.111. The Labute approximate surface area is 117 Å². The molecule has 0 amide bonds. The molecule has 1 heterocycles. The topological polar surface area (TPSA) is 63.2 Å². The molecule has 5 nitrogen and oxygen atoms in total. The van der Waals surface area contributed by atoms with Crippen LogP contribution in [0.4, 0.5) is 5.82 Å². The van der Waals surface area contributed by atoms with Crippen molar-refractivity contribution in [1.82, 2.24) is 9.97 Å². The highest BCUT2D eigenvalue weighted by Gasteiger charge is 2.23. The van der Waals surface area contributed by atoms with Gasteiger partial charge in [-0.3, -0.25) is 4.79 Å². The maximum absolute atomic E-state index is 10.5.